The van der Waals surface area contributed by atoms with Crippen LogP contribution in [0.15, 0.2) is 116 Å². The Morgan fingerprint density at radius 2 is 1.26 bits per heavy atom. The summed E-state index contributed by atoms with van der Waals surface area (Å²) in [5.74, 6) is 0.802. The summed E-state index contributed by atoms with van der Waals surface area (Å²) >= 11 is 6.09. The summed E-state index contributed by atoms with van der Waals surface area (Å²) in [5, 5.41) is 3.19. The van der Waals surface area contributed by atoms with Gasteiger partial charge in [0.15, 0.2) is 0 Å². The average molecular weight is 458 g/mol. The zero-order chi connectivity index (χ0) is 22.9. The maximum absolute atomic E-state index is 6.09. The van der Waals surface area contributed by atoms with Gasteiger partial charge < -0.3 is 4.98 Å². The van der Waals surface area contributed by atoms with Crippen molar-refractivity contribution in [3.05, 3.63) is 121 Å². The quantitative estimate of drug-likeness (QED) is 0.289. The lowest BCUT2D eigenvalue weighted by atomic mass is 9.96. The maximum atomic E-state index is 6.09. The Balaban J connectivity index is 1.45. The van der Waals surface area contributed by atoms with Crippen molar-refractivity contribution in [3.63, 3.8) is 0 Å². The molecule has 0 radical (unpaired) electrons. The van der Waals surface area contributed by atoms with Crippen LogP contribution in [0.3, 0.4) is 0 Å². The van der Waals surface area contributed by atoms with Crippen molar-refractivity contribution in [3.8, 4) is 45.0 Å². The zero-order valence-corrected chi connectivity index (χ0v) is 19.0. The number of imidazole rings is 1. The molecule has 0 fully saturated rings. The summed E-state index contributed by atoms with van der Waals surface area (Å²) in [6, 6.07) is 35.2. The van der Waals surface area contributed by atoms with E-state index in [2.05, 4.69) is 76.7 Å². The van der Waals surface area contributed by atoms with Crippen LogP contribution in [0.2, 0.25) is 5.02 Å². The second kappa shape index (κ2) is 8.62. The molecular formula is C30H20ClN3. The van der Waals surface area contributed by atoms with E-state index >= 15 is 0 Å². The van der Waals surface area contributed by atoms with Crippen LogP contribution in [0.4, 0.5) is 0 Å². The highest BCUT2D eigenvalue weighted by Gasteiger charge is 2.16. The van der Waals surface area contributed by atoms with Crippen molar-refractivity contribution in [1.82, 2.24) is 15.0 Å². The second-order valence-electron chi connectivity index (χ2n) is 8.16. The number of benzene rings is 4. The van der Waals surface area contributed by atoms with E-state index < -0.39 is 0 Å². The van der Waals surface area contributed by atoms with Gasteiger partial charge in [0, 0.05) is 34.1 Å². The molecule has 0 saturated carbocycles. The predicted molar refractivity (Wildman–Crippen MR) is 141 cm³/mol. The Labute approximate surface area is 202 Å². The third-order valence-corrected chi connectivity index (χ3v) is 6.30. The number of fused-ring (bicyclic) bond motifs is 1. The first-order valence-electron chi connectivity index (χ1n) is 11.1. The topological polar surface area (TPSA) is 41.6 Å². The lowest BCUT2D eigenvalue weighted by molar-refractivity contribution is 1.30. The SMILES string of the molecule is Clc1ccc(-c2nc(-c3ccc(-c4cccc5ccccc45)cc3)c(-c3ccncc3)[nH]2)cc1. The number of H-pyrrole nitrogens is 1. The van der Waals surface area contributed by atoms with Gasteiger partial charge in [0.25, 0.3) is 0 Å². The number of aromatic amines is 1. The van der Waals surface area contributed by atoms with Gasteiger partial charge in [-0.15, -0.1) is 0 Å². The lowest BCUT2D eigenvalue weighted by Crippen LogP contribution is -1.86. The molecule has 0 aliphatic rings. The fraction of sp³-hybridized carbons (Fsp3) is 0. The van der Waals surface area contributed by atoms with Gasteiger partial charge in [-0.25, -0.2) is 4.98 Å². The third-order valence-electron chi connectivity index (χ3n) is 6.05. The standard InChI is InChI=1S/C30H20ClN3/c31-25-14-12-24(13-15-25)30-33-28(29(34-30)23-16-18-32-19-17-23)22-10-8-21(9-11-22)27-7-3-5-20-4-1-2-6-26(20)27/h1-19H,(H,33,34). The van der Waals surface area contributed by atoms with Crippen LogP contribution < -0.4 is 0 Å². The molecule has 0 aliphatic heterocycles. The highest BCUT2D eigenvalue weighted by molar-refractivity contribution is 6.30. The number of rotatable bonds is 4. The molecule has 2 heterocycles. The molecule has 3 nitrogen and oxygen atoms in total. The van der Waals surface area contributed by atoms with E-state index in [1.54, 1.807) is 12.4 Å². The number of nitrogens with zero attached hydrogens (tertiary/aromatic N) is 2. The second-order valence-corrected chi connectivity index (χ2v) is 8.59. The van der Waals surface area contributed by atoms with E-state index in [1.165, 1.54) is 21.9 Å². The van der Waals surface area contributed by atoms with E-state index in [-0.39, 0.29) is 0 Å². The highest BCUT2D eigenvalue weighted by atomic mass is 35.5. The molecule has 0 atom stereocenters. The molecule has 1 N–H and O–H groups in total. The molecule has 4 aromatic carbocycles. The Bertz CT molecular complexity index is 1580. The normalized spacial score (nSPS) is 11.1. The molecule has 34 heavy (non-hydrogen) atoms. The first-order chi connectivity index (χ1) is 16.8. The van der Waals surface area contributed by atoms with Crippen LogP contribution in [-0.2, 0) is 0 Å². The van der Waals surface area contributed by atoms with Crippen LogP contribution in [0.5, 0.6) is 0 Å². The molecule has 0 spiro atoms. The molecule has 0 aliphatic carbocycles. The minimum absolute atomic E-state index is 0.703. The first kappa shape index (κ1) is 20.4. The summed E-state index contributed by atoms with van der Waals surface area (Å²) in [6.07, 6.45) is 3.59. The molecule has 0 saturated heterocycles. The summed E-state index contributed by atoms with van der Waals surface area (Å²) in [5.41, 5.74) is 7.34. The summed E-state index contributed by atoms with van der Waals surface area (Å²) < 4.78 is 0. The minimum Gasteiger partial charge on any atom is -0.337 e. The van der Waals surface area contributed by atoms with E-state index in [0.29, 0.717) is 5.02 Å². The van der Waals surface area contributed by atoms with Gasteiger partial charge in [0.1, 0.15) is 5.82 Å². The smallest absolute Gasteiger partial charge is 0.138 e. The fourth-order valence-corrected chi connectivity index (χ4v) is 4.46. The number of aromatic nitrogens is 3. The molecular weight excluding hydrogens is 438 g/mol. The maximum Gasteiger partial charge on any atom is 0.138 e. The molecule has 6 aromatic rings. The van der Waals surface area contributed by atoms with Crippen LogP contribution in [-0.4, -0.2) is 15.0 Å². The average Bonchev–Trinajstić information content (AvgIpc) is 3.35. The van der Waals surface area contributed by atoms with Crippen molar-refractivity contribution in [2.75, 3.05) is 0 Å². The van der Waals surface area contributed by atoms with E-state index in [0.717, 1.165) is 33.9 Å². The van der Waals surface area contributed by atoms with Crippen molar-refractivity contribution in [2.45, 2.75) is 0 Å². The first-order valence-corrected chi connectivity index (χ1v) is 11.5. The van der Waals surface area contributed by atoms with Gasteiger partial charge in [-0.05, 0) is 58.3 Å². The zero-order valence-electron chi connectivity index (χ0n) is 18.2. The van der Waals surface area contributed by atoms with E-state index in [9.17, 15) is 0 Å². The van der Waals surface area contributed by atoms with Gasteiger partial charge in [-0.3, -0.25) is 4.98 Å². The molecule has 0 bridgehead atoms. The van der Waals surface area contributed by atoms with Crippen LogP contribution >= 0.6 is 11.6 Å². The largest absolute Gasteiger partial charge is 0.337 e. The summed E-state index contributed by atoms with van der Waals surface area (Å²) in [4.78, 5) is 12.7. The van der Waals surface area contributed by atoms with Crippen molar-refractivity contribution in [1.29, 1.82) is 0 Å². The number of pyridine rings is 1. The molecule has 2 aromatic heterocycles. The minimum atomic E-state index is 0.703. The Kier molecular flexibility index (Phi) is 5.17. The Hall–Kier alpha value is -4.21. The Morgan fingerprint density at radius 3 is 2.06 bits per heavy atom. The van der Waals surface area contributed by atoms with Gasteiger partial charge >= 0.3 is 0 Å². The van der Waals surface area contributed by atoms with Crippen molar-refractivity contribution >= 4 is 22.4 Å². The molecule has 0 unspecified atom stereocenters. The van der Waals surface area contributed by atoms with Gasteiger partial charge in [0.05, 0.1) is 11.4 Å². The Morgan fingerprint density at radius 1 is 0.588 bits per heavy atom. The van der Waals surface area contributed by atoms with Crippen LogP contribution in [0, 0.1) is 0 Å². The monoisotopic (exact) mass is 457 g/mol. The van der Waals surface area contributed by atoms with Gasteiger partial charge in [0.2, 0.25) is 0 Å². The number of halogens is 1. The van der Waals surface area contributed by atoms with E-state index in [4.69, 9.17) is 16.6 Å². The van der Waals surface area contributed by atoms with Crippen molar-refractivity contribution in [2.24, 2.45) is 0 Å². The molecule has 6 rings (SSSR count). The predicted octanol–water partition coefficient (Wildman–Crippen LogP) is 8.28. The highest BCUT2D eigenvalue weighted by Crippen LogP contribution is 2.35. The fourth-order valence-electron chi connectivity index (χ4n) is 4.34. The summed E-state index contributed by atoms with van der Waals surface area (Å²) in [7, 11) is 0. The lowest BCUT2D eigenvalue weighted by Gasteiger charge is -2.08. The van der Waals surface area contributed by atoms with Gasteiger partial charge in [-0.1, -0.05) is 78.3 Å². The third kappa shape index (κ3) is 3.76. The molecule has 4 heteroatoms. The van der Waals surface area contributed by atoms with Crippen molar-refractivity contribution < 1.29 is 0 Å². The summed E-state index contributed by atoms with van der Waals surface area (Å²) in [6.45, 7) is 0. The molecule has 0 amide bonds. The molecule has 162 valence electrons. The van der Waals surface area contributed by atoms with E-state index in [1.807, 2.05) is 36.4 Å². The number of nitrogens with one attached hydrogen (secondary N) is 1. The van der Waals surface area contributed by atoms with Crippen LogP contribution in [0.25, 0.3) is 55.8 Å². The number of hydrogen-bond acceptors (Lipinski definition) is 2. The number of hydrogen-bond donors (Lipinski definition) is 1. The van der Waals surface area contributed by atoms with Gasteiger partial charge in [-0.2, -0.15) is 0 Å². The van der Waals surface area contributed by atoms with Crippen LogP contribution in [0.1, 0.15) is 0 Å².